The molecule has 0 N–H and O–H groups in total. The summed E-state index contributed by atoms with van der Waals surface area (Å²) in [5.74, 6) is 0.0279. The Morgan fingerprint density at radius 3 is 2.60 bits per heavy atom. The highest BCUT2D eigenvalue weighted by Crippen LogP contribution is 2.27. The van der Waals surface area contributed by atoms with Gasteiger partial charge in [0.2, 0.25) is 0 Å². The zero-order valence-electron chi connectivity index (χ0n) is 11.7. The predicted octanol–water partition coefficient (Wildman–Crippen LogP) is 2.69. The summed E-state index contributed by atoms with van der Waals surface area (Å²) in [6, 6.07) is 9.35. The average Bonchev–Trinajstić information content (AvgIpc) is 2.51. The molecule has 1 aliphatic rings. The molecule has 1 atom stereocenters. The second kappa shape index (κ2) is 7.06. The molecule has 1 aromatic carbocycles. The van der Waals surface area contributed by atoms with E-state index in [1.165, 1.54) is 0 Å². The summed E-state index contributed by atoms with van der Waals surface area (Å²) in [5, 5.41) is 9.32. The number of benzene rings is 1. The van der Waals surface area contributed by atoms with Gasteiger partial charge in [0.25, 0.3) is 0 Å². The van der Waals surface area contributed by atoms with Crippen LogP contribution >= 0.6 is 0 Å². The van der Waals surface area contributed by atoms with E-state index in [0.717, 1.165) is 11.3 Å². The van der Waals surface area contributed by atoms with Gasteiger partial charge in [0.05, 0.1) is 12.7 Å². The molecule has 1 aromatic rings. The van der Waals surface area contributed by atoms with E-state index in [1.54, 1.807) is 24.3 Å². The Hall–Kier alpha value is -1.86. The normalized spacial score (nSPS) is 17.2. The van der Waals surface area contributed by atoms with Crippen LogP contribution in [0.1, 0.15) is 31.2 Å². The third kappa shape index (κ3) is 3.37. The van der Waals surface area contributed by atoms with E-state index in [0.29, 0.717) is 32.7 Å². The monoisotopic (exact) mass is 273 g/mol. The second-order valence-corrected chi connectivity index (χ2v) is 4.85. The maximum atomic E-state index is 12.4. The Bertz CT molecular complexity index is 483. The lowest BCUT2D eigenvalue weighted by Crippen LogP contribution is -2.27. The minimum Gasteiger partial charge on any atom is -0.494 e. The molecule has 0 amide bonds. The molecule has 0 saturated carbocycles. The van der Waals surface area contributed by atoms with Crippen molar-refractivity contribution in [2.24, 2.45) is 5.92 Å². The zero-order chi connectivity index (χ0) is 14.4. The van der Waals surface area contributed by atoms with Crippen LogP contribution in [0.25, 0.3) is 0 Å². The van der Waals surface area contributed by atoms with Gasteiger partial charge >= 0.3 is 0 Å². The molecule has 0 bridgehead atoms. The van der Waals surface area contributed by atoms with Crippen molar-refractivity contribution in [1.29, 1.82) is 5.26 Å². The van der Waals surface area contributed by atoms with Crippen molar-refractivity contribution in [2.45, 2.75) is 25.7 Å². The second-order valence-electron chi connectivity index (χ2n) is 4.85. The van der Waals surface area contributed by atoms with Crippen LogP contribution in [0.4, 0.5) is 0 Å². The topological polar surface area (TPSA) is 59.3 Å². The lowest BCUT2D eigenvalue weighted by atomic mass is 9.84. The minimum absolute atomic E-state index is 0.0139. The summed E-state index contributed by atoms with van der Waals surface area (Å²) < 4.78 is 10.6. The minimum atomic E-state index is -0.686. The highest BCUT2D eigenvalue weighted by atomic mass is 16.5. The molecule has 0 aliphatic carbocycles. The summed E-state index contributed by atoms with van der Waals surface area (Å²) in [4.78, 5) is 12.4. The van der Waals surface area contributed by atoms with Crippen LogP contribution in [0.5, 0.6) is 5.75 Å². The van der Waals surface area contributed by atoms with Crippen molar-refractivity contribution in [3.05, 3.63) is 29.8 Å². The Morgan fingerprint density at radius 2 is 2.05 bits per heavy atom. The first kappa shape index (κ1) is 14.5. The van der Waals surface area contributed by atoms with E-state index in [9.17, 15) is 10.1 Å². The maximum absolute atomic E-state index is 12.4. The SMILES string of the molecule is CCOc1ccc(C(C#N)C(=O)C2CCOCC2)cc1. The summed E-state index contributed by atoms with van der Waals surface area (Å²) in [6.45, 7) is 3.73. The quantitative estimate of drug-likeness (QED) is 0.827. The van der Waals surface area contributed by atoms with Gasteiger partial charge in [-0.25, -0.2) is 0 Å². The third-order valence-corrected chi connectivity index (χ3v) is 3.56. The molecule has 4 nitrogen and oxygen atoms in total. The summed E-state index contributed by atoms with van der Waals surface area (Å²) in [5.41, 5.74) is 0.743. The molecule has 1 fully saturated rings. The first-order valence-corrected chi connectivity index (χ1v) is 7.00. The Kier molecular flexibility index (Phi) is 5.14. The third-order valence-electron chi connectivity index (χ3n) is 3.56. The van der Waals surface area contributed by atoms with E-state index in [-0.39, 0.29) is 11.7 Å². The first-order chi connectivity index (χ1) is 9.76. The highest BCUT2D eigenvalue weighted by Gasteiger charge is 2.29. The van der Waals surface area contributed by atoms with Crippen LogP contribution in [0.15, 0.2) is 24.3 Å². The van der Waals surface area contributed by atoms with Gasteiger partial charge in [-0.15, -0.1) is 0 Å². The molecule has 1 heterocycles. The molecule has 1 saturated heterocycles. The van der Waals surface area contributed by atoms with Gasteiger partial charge in [-0.2, -0.15) is 5.26 Å². The van der Waals surface area contributed by atoms with Gasteiger partial charge in [0.15, 0.2) is 5.78 Å². The highest BCUT2D eigenvalue weighted by molar-refractivity contribution is 5.90. The van der Waals surface area contributed by atoms with Gasteiger partial charge in [-0.1, -0.05) is 12.1 Å². The number of hydrogen-bond acceptors (Lipinski definition) is 4. The van der Waals surface area contributed by atoms with Crippen LogP contribution in [-0.2, 0) is 9.53 Å². The van der Waals surface area contributed by atoms with Crippen molar-refractivity contribution >= 4 is 5.78 Å². The molecule has 0 aromatic heterocycles. The van der Waals surface area contributed by atoms with Crippen LogP contribution in [-0.4, -0.2) is 25.6 Å². The standard InChI is InChI=1S/C16H19NO3/c1-2-20-14-5-3-12(4-6-14)15(11-17)16(18)13-7-9-19-10-8-13/h3-6,13,15H,2,7-10H2,1H3. The number of ether oxygens (including phenoxy) is 2. The number of Topliss-reactive ketones (excluding diaryl/α,β-unsaturated/α-hetero) is 1. The lowest BCUT2D eigenvalue weighted by Gasteiger charge is -2.22. The molecule has 20 heavy (non-hydrogen) atoms. The van der Waals surface area contributed by atoms with Crippen molar-refractivity contribution in [3.63, 3.8) is 0 Å². The molecule has 0 radical (unpaired) electrons. The summed E-state index contributed by atoms with van der Waals surface area (Å²) >= 11 is 0. The van der Waals surface area contributed by atoms with E-state index >= 15 is 0 Å². The van der Waals surface area contributed by atoms with Gasteiger partial charge in [-0.05, 0) is 37.5 Å². The zero-order valence-corrected chi connectivity index (χ0v) is 11.7. The van der Waals surface area contributed by atoms with E-state index in [1.807, 2.05) is 6.92 Å². The molecule has 1 unspecified atom stereocenters. The number of nitrogens with zero attached hydrogens (tertiary/aromatic N) is 1. The molecular formula is C16H19NO3. The molecular weight excluding hydrogens is 254 g/mol. The molecule has 2 rings (SSSR count). The number of nitriles is 1. The summed E-state index contributed by atoms with van der Waals surface area (Å²) in [7, 11) is 0. The Morgan fingerprint density at radius 1 is 1.40 bits per heavy atom. The first-order valence-electron chi connectivity index (χ1n) is 7.00. The number of carbonyl (C=O) groups excluding carboxylic acids is 1. The fourth-order valence-electron chi connectivity index (χ4n) is 2.44. The summed E-state index contributed by atoms with van der Waals surface area (Å²) in [6.07, 6.45) is 1.43. The van der Waals surface area contributed by atoms with E-state index in [2.05, 4.69) is 6.07 Å². The van der Waals surface area contributed by atoms with Gasteiger partial charge in [-0.3, -0.25) is 4.79 Å². The average molecular weight is 273 g/mol. The number of ketones is 1. The smallest absolute Gasteiger partial charge is 0.157 e. The van der Waals surface area contributed by atoms with Crippen LogP contribution in [0, 0.1) is 17.2 Å². The largest absolute Gasteiger partial charge is 0.494 e. The fourth-order valence-corrected chi connectivity index (χ4v) is 2.44. The Balaban J connectivity index is 2.10. The number of carbonyl (C=O) groups is 1. The maximum Gasteiger partial charge on any atom is 0.157 e. The van der Waals surface area contributed by atoms with Gasteiger partial charge < -0.3 is 9.47 Å². The van der Waals surface area contributed by atoms with Crippen molar-refractivity contribution < 1.29 is 14.3 Å². The molecule has 4 heteroatoms. The Labute approximate surface area is 119 Å². The van der Waals surface area contributed by atoms with E-state index < -0.39 is 5.92 Å². The van der Waals surface area contributed by atoms with Gasteiger partial charge in [0.1, 0.15) is 11.7 Å². The van der Waals surface area contributed by atoms with Crippen molar-refractivity contribution in [3.8, 4) is 11.8 Å². The van der Waals surface area contributed by atoms with E-state index in [4.69, 9.17) is 9.47 Å². The number of hydrogen-bond donors (Lipinski definition) is 0. The van der Waals surface area contributed by atoms with Crippen LogP contribution in [0.2, 0.25) is 0 Å². The molecule has 0 spiro atoms. The van der Waals surface area contributed by atoms with Crippen molar-refractivity contribution in [1.82, 2.24) is 0 Å². The van der Waals surface area contributed by atoms with Gasteiger partial charge in [0, 0.05) is 19.1 Å². The lowest BCUT2D eigenvalue weighted by molar-refractivity contribution is -0.126. The van der Waals surface area contributed by atoms with Crippen LogP contribution < -0.4 is 4.74 Å². The molecule has 1 aliphatic heterocycles. The fraction of sp³-hybridized carbons (Fsp3) is 0.500. The predicted molar refractivity (Wildman–Crippen MR) is 74.5 cm³/mol. The molecule has 106 valence electrons. The number of rotatable bonds is 5. The van der Waals surface area contributed by atoms with Crippen LogP contribution in [0.3, 0.4) is 0 Å². The van der Waals surface area contributed by atoms with Crippen molar-refractivity contribution in [2.75, 3.05) is 19.8 Å².